The highest BCUT2D eigenvalue weighted by atomic mass is 32.2. The van der Waals surface area contributed by atoms with Crippen molar-refractivity contribution in [2.75, 3.05) is 26.9 Å². The minimum Gasteiger partial charge on any atom is -0.496 e. The summed E-state index contributed by atoms with van der Waals surface area (Å²) in [5.74, 6) is 0.137. The Balaban J connectivity index is 1.90. The maximum atomic E-state index is 13.4. The van der Waals surface area contributed by atoms with Crippen LogP contribution in [0.25, 0.3) is 0 Å². The summed E-state index contributed by atoms with van der Waals surface area (Å²) in [4.78, 5) is -0.0836. The smallest absolute Gasteiger partial charge is 0.240 e. The fourth-order valence-corrected chi connectivity index (χ4v) is 4.50. The van der Waals surface area contributed by atoms with Crippen molar-refractivity contribution in [3.05, 3.63) is 59.9 Å². The van der Waals surface area contributed by atoms with Crippen LogP contribution in [0, 0.1) is 5.82 Å². The van der Waals surface area contributed by atoms with Crippen LogP contribution in [0.5, 0.6) is 5.75 Å². The topological polar surface area (TPSA) is 64.6 Å². The van der Waals surface area contributed by atoms with Crippen LogP contribution >= 0.6 is 0 Å². The lowest BCUT2D eigenvalue weighted by Crippen LogP contribution is -2.44. The van der Waals surface area contributed by atoms with Crippen LogP contribution in [-0.4, -0.2) is 35.3 Å². The normalized spacial score (nSPS) is 17.0. The summed E-state index contributed by atoms with van der Waals surface area (Å²) < 4.78 is 52.3. The van der Waals surface area contributed by atoms with Crippen molar-refractivity contribution in [3.8, 4) is 5.75 Å². The van der Waals surface area contributed by atoms with E-state index >= 15 is 0 Å². The van der Waals surface area contributed by atoms with Gasteiger partial charge in [0.15, 0.2) is 0 Å². The van der Waals surface area contributed by atoms with E-state index in [1.54, 1.807) is 7.11 Å². The van der Waals surface area contributed by atoms with E-state index < -0.39 is 21.3 Å². The molecule has 2 aromatic carbocycles. The van der Waals surface area contributed by atoms with Gasteiger partial charge in [-0.3, -0.25) is 0 Å². The van der Waals surface area contributed by atoms with E-state index in [4.69, 9.17) is 9.47 Å². The van der Waals surface area contributed by atoms with Gasteiger partial charge in [-0.25, -0.2) is 17.5 Å². The number of nitrogens with one attached hydrogen (secondary N) is 1. The summed E-state index contributed by atoms with van der Waals surface area (Å²) >= 11 is 0. The molecule has 0 atom stereocenters. The SMILES string of the molecule is COc1ccccc1C1(CNS(=O)(=O)c2cccc(F)c2)CCOCC1. The molecular formula is C19H22FNO4S. The van der Waals surface area contributed by atoms with Crippen molar-refractivity contribution in [1.82, 2.24) is 4.72 Å². The lowest BCUT2D eigenvalue weighted by Gasteiger charge is -2.38. The lowest BCUT2D eigenvalue weighted by molar-refractivity contribution is 0.0509. The van der Waals surface area contributed by atoms with Gasteiger partial charge in [0.1, 0.15) is 11.6 Å². The highest BCUT2D eigenvalue weighted by Crippen LogP contribution is 2.39. The molecular weight excluding hydrogens is 357 g/mol. The molecule has 1 fully saturated rings. The summed E-state index contributed by atoms with van der Waals surface area (Å²) in [5.41, 5.74) is 0.512. The second kappa shape index (κ2) is 7.73. The van der Waals surface area contributed by atoms with E-state index in [1.807, 2.05) is 24.3 Å². The van der Waals surface area contributed by atoms with Crippen LogP contribution < -0.4 is 9.46 Å². The average Bonchev–Trinajstić information content (AvgIpc) is 2.67. The summed E-state index contributed by atoms with van der Waals surface area (Å²) in [5, 5.41) is 0. The third kappa shape index (κ3) is 3.90. The highest BCUT2D eigenvalue weighted by Gasteiger charge is 2.37. The molecule has 1 aliphatic heterocycles. The fourth-order valence-electron chi connectivity index (χ4n) is 3.34. The molecule has 1 N–H and O–H groups in total. The third-order valence-electron chi connectivity index (χ3n) is 4.84. The Bertz CT molecular complexity index is 863. The molecule has 0 saturated carbocycles. The Morgan fingerprint density at radius 3 is 2.58 bits per heavy atom. The molecule has 0 bridgehead atoms. The largest absolute Gasteiger partial charge is 0.496 e. The molecule has 7 heteroatoms. The van der Waals surface area contributed by atoms with Crippen molar-refractivity contribution in [2.45, 2.75) is 23.2 Å². The van der Waals surface area contributed by atoms with Gasteiger partial charge in [-0.15, -0.1) is 0 Å². The number of ether oxygens (including phenoxy) is 2. The zero-order chi connectivity index (χ0) is 18.6. The highest BCUT2D eigenvalue weighted by molar-refractivity contribution is 7.89. The van der Waals surface area contributed by atoms with Gasteiger partial charge in [0.2, 0.25) is 10.0 Å². The lowest BCUT2D eigenvalue weighted by atomic mass is 9.74. The van der Waals surface area contributed by atoms with Gasteiger partial charge in [0.25, 0.3) is 0 Å². The van der Waals surface area contributed by atoms with Crippen molar-refractivity contribution < 1.29 is 22.3 Å². The maximum absolute atomic E-state index is 13.4. The van der Waals surface area contributed by atoms with Gasteiger partial charge >= 0.3 is 0 Å². The number of hydrogen-bond acceptors (Lipinski definition) is 4. The molecule has 0 radical (unpaired) electrons. The van der Waals surface area contributed by atoms with Gasteiger partial charge in [0.05, 0.1) is 12.0 Å². The molecule has 1 saturated heterocycles. The molecule has 2 aromatic rings. The second-order valence-electron chi connectivity index (χ2n) is 6.37. The number of halogens is 1. The number of hydrogen-bond donors (Lipinski definition) is 1. The van der Waals surface area contributed by atoms with Crippen molar-refractivity contribution in [2.24, 2.45) is 0 Å². The molecule has 1 heterocycles. The first-order valence-corrected chi connectivity index (χ1v) is 9.92. The van der Waals surface area contributed by atoms with Crippen LogP contribution in [0.1, 0.15) is 18.4 Å². The average molecular weight is 379 g/mol. The maximum Gasteiger partial charge on any atom is 0.240 e. The van der Waals surface area contributed by atoms with Gasteiger partial charge in [-0.1, -0.05) is 24.3 Å². The van der Waals surface area contributed by atoms with Crippen LogP contribution in [0.2, 0.25) is 0 Å². The molecule has 0 unspecified atom stereocenters. The van der Waals surface area contributed by atoms with Gasteiger partial charge in [-0.05, 0) is 37.1 Å². The quantitative estimate of drug-likeness (QED) is 0.838. The summed E-state index contributed by atoms with van der Waals surface area (Å²) in [6.45, 7) is 1.27. The predicted molar refractivity (Wildman–Crippen MR) is 96.3 cm³/mol. The number of rotatable bonds is 6. The zero-order valence-corrected chi connectivity index (χ0v) is 15.4. The van der Waals surface area contributed by atoms with Crippen LogP contribution in [0.15, 0.2) is 53.4 Å². The Kier molecular flexibility index (Phi) is 5.60. The third-order valence-corrected chi connectivity index (χ3v) is 6.23. The number of sulfonamides is 1. The second-order valence-corrected chi connectivity index (χ2v) is 8.14. The molecule has 26 heavy (non-hydrogen) atoms. The Morgan fingerprint density at radius 1 is 1.15 bits per heavy atom. The van der Waals surface area contributed by atoms with E-state index in [0.717, 1.165) is 17.4 Å². The number of para-hydroxylation sites is 1. The van der Waals surface area contributed by atoms with E-state index in [9.17, 15) is 12.8 Å². The minimum absolute atomic E-state index is 0.0836. The monoisotopic (exact) mass is 379 g/mol. The van der Waals surface area contributed by atoms with Crippen molar-refractivity contribution >= 4 is 10.0 Å². The van der Waals surface area contributed by atoms with E-state index in [1.165, 1.54) is 18.2 Å². The number of methoxy groups -OCH3 is 1. The summed E-state index contributed by atoms with van der Waals surface area (Å²) in [6, 6.07) is 12.6. The Hall–Kier alpha value is -1.96. The van der Waals surface area contributed by atoms with E-state index in [2.05, 4.69) is 4.72 Å². The first-order chi connectivity index (χ1) is 12.5. The predicted octanol–water partition coefficient (Wildman–Crippen LogP) is 2.86. The van der Waals surface area contributed by atoms with E-state index in [0.29, 0.717) is 26.1 Å². The Morgan fingerprint density at radius 2 is 1.88 bits per heavy atom. The molecule has 0 spiro atoms. The van der Waals surface area contributed by atoms with Gasteiger partial charge < -0.3 is 9.47 Å². The van der Waals surface area contributed by atoms with E-state index in [-0.39, 0.29) is 11.4 Å². The Labute approximate surface area is 153 Å². The number of benzene rings is 2. The standard InChI is InChI=1S/C19H22FNO4S/c1-24-18-8-3-2-7-17(18)19(9-11-25-12-10-19)14-21-26(22,23)16-6-4-5-15(20)13-16/h2-8,13,21H,9-12,14H2,1H3. The van der Waals surface area contributed by atoms with Crippen LogP contribution in [0.4, 0.5) is 4.39 Å². The molecule has 1 aliphatic rings. The van der Waals surface area contributed by atoms with Gasteiger partial charge in [-0.2, -0.15) is 0 Å². The fraction of sp³-hybridized carbons (Fsp3) is 0.368. The van der Waals surface area contributed by atoms with Crippen molar-refractivity contribution in [3.63, 3.8) is 0 Å². The molecule has 3 rings (SSSR count). The van der Waals surface area contributed by atoms with Crippen molar-refractivity contribution in [1.29, 1.82) is 0 Å². The first kappa shape index (κ1) is 18.8. The zero-order valence-electron chi connectivity index (χ0n) is 14.6. The van der Waals surface area contributed by atoms with Gasteiger partial charge in [0, 0.05) is 30.7 Å². The summed E-state index contributed by atoms with van der Waals surface area (Å²) in [7, 11) is -2.22. The van der Waals surface area contributed by atoms with Crippen LogP contribution in [0.3, 0.4) is 0 Å². The first-order valence-electron chi connectivity index (χ1n) is 8.43. The summed E-state index contributed by atoms with van der Waals surface area (Å²) in [6.07, 6.45) is 1.33. The minimum atomic E-state index is -3.82. The molecule has 5 nitrogen and oxygen atoms in total. The van der Waals surface area contributed by atoms with Crippen LogP contribution in [-0.2, 0) is 20.2 Å². The molecule has 0 aliphatic carbocycles. The molecule has 0 aromatic heterocycles. The molecule has 140 valence electrons. The molecule has 0 amide bonds.